The van der Waals surface area contributed by atoms with Crippen molar-refractivity contribution in [1.29, 1.82) is 0 Å². The van der Waals surface area contributed by atoms with Crippen LogP contribution >= 0.6 is 15.9 Å². The maximum atomic E-state index is 10.8. The molecule has 3 nitrogen and oxygen atoms in total. The number of carbonyl (C=O) groups excluding carboxylic acids is 2. The Morgan fingerprint density at radius 1 is 1.42 bits per heavy atom. The Balaban J connectivity index is 3.91. The molecular weight excluding hydrogens is 224 g/mol. The quantitative estimate of drug-likeness (QED) is 0.551. The molecular formula is C8H11BrO3. The number of Topliss-reactive ketones (excluding diaryl/α,β-unsaturated/α-hetero) is 1. The van der Waals surface area contributed by atoms with Crippen LogP contribution in [-0.2, 0) is 14.3 Å². The van der Waals surface area contributed by atoms with Gasteiger partial charge in [-0.05, 0) is 18.3 Å². The second kappa shape index (κ2) is 5.94. The Labute approximate surface area is 79.9 Å². The summed E-state index contributed by atoms with van der Waals surface area (Å²) in [5.74, 6) is -0.334. The molecule has 0 aliphatic rings. The summed E-state index contributed by atoms with van der Waals surface area (Å²) in [5.41, 5.74) is 0.598. The molecule has 12 heavy (non-hydrogen) atoms. The lowest BCUT2D eigenvalue weighted by atomic mass is 10.1. The van der Waals surface area contributed by atoms with E-state index in [1.165, 1.54) is 19.0 Å². The second-order valence-corrected chi connectivity index (χ2v) is 2.72. The van der Waals surface area contributed by atoms with Crippen LogP contribution < -0.4 is 0 Å². The number of ether oxygens (including phenoxy) is 1. The molecule has 0 bridgehead atoms. The van der Waals surface area contributed by atoms with Crippen molar-refractivity contribution in [1.82, 2.24) is 0 Å². The van der Waals surface area contributed by atoms with E-state index in [1.54, 1.807) is 0 Å². The lowest BCUT2D eigenvalue weighted by molar-refractivity contribution is -0.140. The van der Waals surface area contributed by atoms with E-state index in [1.807, 2.05) is 0 Å². The Morgan fingerprint density at radius 2 is 2.00 bits per heavy atom. The summed E-state index contributed by atoms with van der Waals surface area (Å²) in [6.45, 7) is 1.46. The molecule has 0 spiro atoms. The van der Waals surface area contributed by atoms with Crippen LogP contribution in [-0.4, -0.2) is 18.9 Å². The molecule has 0 aliphatic carbocycles. The first kappa shape index (κ1) is 11.4. The van der Waals surface area contributed by atoms with Crippen LogP contribution in [0.25, 0.3) is 0 Å². The van der Waals surface area contributed by atoms with E-state index in [9.17, 15) is 9.59 Å². The summed E-state index contributed by atoms with van der Waals surface area (Å²) in [6, 6.07) is 0. The van der Waals surface area contributed by atoms with E-state index in [0.717, 1.165) is 0 Å². The second-order valence-electron chi connectivity index (χ2n) is 2.27. The smallest absolute Gasteiger partial charge is 0.305 e. The number of esters is 1. The van der Waals surface area contributed by atoms with Gasteiger partial charge in [0.05, 0.1) is 7.11 Å². The summed E-state index contributed by atoms with van der Waals surface area (Å²) in [7, 11) is 1.33. The number of methoxy groups -OCH3 is 1. The first-order chi connectivity index (χ1) is 5.61. The predicted molar refractivity (Wildman–Crippen MR) is 48.9 cm³/mol. The molecule has 68 valence electrons. The predicted octanol–water partition coefficient (Wildman–Crippen LogP) is 1.81. The van der Waals surface area contributed by atoms with Crippen molar-refractivity contribution in [2.75, 3.05) is 7.11 Å². The van der Waals surface area contributed by atoms with Gasteiger partial charge in [-0.3, -0.25) is 9.59 Å². The molecule has 0 rings (SSSR count). The van der Waals surface area contributed by atoms with Crippen molar-refractivity contribution in [2.24, 2.45) is 0 Å². The highest BCUT2D eigenvalue weighted by Gasteiger charge is 2.06. The van der Waals surface area contributed by atoms with E-state index in [0.29, 0.717) is 12.0 Å². The molecule has 0 heterocycles. The first-order valence-corrected chi connectivity index (χ1v) is 4.40. The Hall–Kier alpha value is -0.640. The van der Waals surface area contributed by atoms with Crippen molar-refractivity contribution in [2.45, 2.75) is 19.8 Å². The van der Waals surface area contributed by atoms with Gasteiger partial charge in [0.2, 0.25) is 0 Å². The molecule has 0 aromatic carbocycles. The summed E-state index contributed by atoms with van der Waals surface area (Å²) >= 11 is 3.05. The zero-order chi connectivity index (χ0) is 9.56. The summed E-state index contributed by atoms with van der Waals surface area (Å²) in [4.78, 5) is 23.0. The topological polar surface area (TPSA) is 43.4 Å². The van der Waals surface area contributed by atoms with E-state index in [-0.39, 0.29) is 18.2 Å². The number of hydrogen-bond acceptors (Lipinski definition) is 3. The minimum Gasteiger partial charge on any atom is -0.469 e. The molecule has 0 fully saturated rings. The van der Waals surface area contributed by atoms with Gasteiger partial charge in [0.1, 0.15) is 0 Å². The third-order valence-electron chi connectivity index (χ3n) is 1.41. The summed E-state index contributed by atoms with van der Waals surface area (Å²) in [5, 5.41) is 0. The standard InChI is InChI=1S/C8H11BrO3/c1-6(10)7(5-9)3-4-8(11)12-2/h5H,3-4H2,1-2H3/b7-5-. The largest absolute Gasteiger partial charge is 0.469 e. The SMILES string of the molecule is COC(=O)CC/C(=C/Br)C(C)=O. The number of allylic oxidation sites excluding steroid dienone is 1. The minimum atomic E-state index is -0.303. The Bertz CT molecular complexity index is 208. The Kier molecular flexibility index (Phi) is 5.62. The molecule has 0 aromatic rings. The van der Waals surface area contributed by atoms with Gasteiger partial charge >= 0.3 is 5.97 Å². The van der Waals surface area contributed by atoms with Crippen molar-refractivity contribution in [3.63, 3.8) is 0 Å². The lowest BCUT2D eigenvalue weighted by Crippen LogP contribution is -2.03. The molecule has 4 heteroatoms. The van der Waals surface area contributed by atoms with Gasteiger partial charge in [-0.15, -0.1) is 0 Å². The average Bonchev–Trinajstić information content (AvgIpc) is 2.04. The van der Waals surface area contributed by atoms with Crippen molar-refractivity contribution in [3.05, 3.63) is 10.6 Å². The molecule has 0 aromatic heterocycles. The Morgan fingerprint density at radius 3 is 2.33 bits per heavy atom. The van der Waals surface area contributed by atoms with Crippen LogP contribution in [0.4, 0.5) is 0 Å². The molecule has 0 radical (unpaired) electrons. The fraction of sp³-hybridized carbons (Fsp3) is 0.500. The van der Waals surface area contributed by atoms with Crippen molar-refractivity contribution >= 4 is 27.7 Å². The highest BCUT2D eigenvalue weighted by Crippen LogP contribution is 2.09. The molecule has 0 amide bonds. The zero-order valence-corrected chi connectivity index (χ0v) is 8.68. The highest BCUT2D eigenvalue weighted by molar-refractivity contribution is 9.11. The zero-order valence-electron chi connectivity index (χ0n) is 7.09. The van der Waals surface area contributed by atoms with Gasteiger partial charge in [-0.1, -0.05) is 15.9 Å². The van der Waals surface area contributed by atoms with Crippen LogP contribution in [0.5, 0.6) is 0 Å². The monoisotopic (exact) mass is 234 g/mol. The molecule has 0 unspecified atom stereocenters. The molecule has 0 saturated heterocycles. The van der Waals surface area contributed by atoms with E-state index < -0.39 is 0 Å². The molecule has 0 saturated carbocycles. The third kappa shape index (κ3) is 4.28. The van der Waals surface area contributed by atoms with E-state index >= 15 is 0 Å². The van der Waals surface area contributed by atoms with E-state index in [4.69, 9.17) is 0 Å². The van der Waals surface area contributed by atoms with Crippen molar-refractivity contribution in [3.8, 4) is 0 Å². The van der Waals surface area contributed by atoms with Gasteiger partial charge in [0.25, 0.3) is 0 Å². The van der Waals surface area contributed by atoms with Gasteiger partial charge < -0.3 is 4.74 Å². The van der Waals surface area contributed by atoms with Crippen LogP contribution in [0.3, 0.4) is 0 Å². The van der Waals surface area contributed by atoms with Gasteiger partial charge in [0, 0.05) is 12.0 Å². The van der Waals surface area contributed by atoms with Crippen LogP contribution in [0, 0.1) is 0 Å². The molecule has 0 N–H and O–H groups in total. The minimum absolute atomic E-state index is 0.0317. The van der Waals surface area contributed by atoms with Crippen molar-refractivity contribution < 1.29 is 14.3 Å². The molecule has 0 atom stereocenters. The first-order valence-electron chi connectivity index (χ1n) is 3.48. The van der Waals surface area contributed by atoms with Gasteiger partial charge in [0.15, 0.2) is 5.78 Å². The lowest BCUT2D eigenvalue weighted by Gasteiger charge is -2.00. The fourth-order valence-corrected chi connectivity index (χ4v) is 1.20. The maximum absolute atomic E-state index is 10.8. The van der Waals surface area contributed by atoms with Gasteiger partial charge in [-0.2, -0.15) is 0 Å². The fourth-order valence-electron chi connectivity index (χ4n) is 0.646. The van der Waals surface area contributed by atoms with Crippen LogP contribution in [0.15, 0.2) is 10.6 Å². The number of rotatable bonds is 4. The third-order valence-corrected chi connectivity index (χ3v) is 1.96. The number of hydrogen-bond donors (Lipinski definition) is 0. The molecule has 0 aliphatic heterocycles. The van der Waals surface area contributed by atoms with Crippen LogP contribution in [0.2, 0.25) is 0 Å². The summed E-state index contributed by atoms with van der Waals surface area (Å²) in [6.07, 6.45) is 0.667. The normalized spacial score (nSPS) is 11.1. The van der Waals surface area contributed by atoms with Crippen LogP contribution in [0.1, 0.15) is 19.8 Å². The summed E-state index contributed by atoms with van der Waals surface area (Å²) < 4.78 is 4.43. The van der Waals surface area contributed by atoms with Gasteiger partial charge in [-0.25, -0.2) is 0 Å². The number of halogens is 1. The maximum Gasteiger partial charge on any atom is 0.305 e. The number of carbonyl (C=O) groups is 2. The highest BCUT2D eigenvalue weighted by atomic mass is 79.9. The van der Waals surface area contributed by atoms with E-state index in [2.05, 4.69) is 20.7 Å². The average molecular weight is 235 g/mol. The number of ketones is 1.